The van der Waals surface area contributed by atoms with E-state index in [1.165, 1.54) is 0 Å². The van der Waals surface area contributed by atoms with E-state index in [9.17, 15) is 4.79 Å². The number of nitrogens with zero attached hydrogens (tertiary/aromatic N) is 1. The van der Waals surface area contributed by atoms with E-state index in [4.69, 9.17) is 0 Å². The van der Waals surface area contributed by atoms with Gasteiger partial charge in [-0.05, 0) is 42.8 Å². The summed E-state index contributed by atoms with van der Waals surface area (Å²) >= 11 is 0. The van der Waals surface area contributed by atoms with E-state index in [0.29, 0.717) is 5.56 Å². The van der Waals surface area contributed by atoms with Crippen LogP contribution in [0.3, 0.4) is 0 Å². The standard InChI is InChI=1S/C16H15N3O/c1-11(12-5-8-17-9-6-12)19-16(20)14-3-2-4-15-13(14)7-10-18-15/h2-11,18H,1H3,(H,19,20). The first-order valence-electron chi connectivity index (χ1n) is 6.52. The number of aromatic amines is 1. The van der Waals surface area contributed by atoms with Gasteiger partial charge in [0.15, 0.2) is 0 Å². The van der Waals surface area contributed by atoms with Crippen molar-refractivity contribution in [2.24, 2.45) is 0 Å². The summed E-state index contributed by atoms with van der Waals surface area (Å²) in [5, 5.41) is 3.95. The van der Waals surface area contributed by atoms with Crippen molar-refractivity contribution < 1.29 is 4.79 Å². The Labute approximate surface area is 116 Å². The molecule has 0 fully saturated rings. The largest absolute Gasteiger partial charge is 0.361 e. The predicted octanol–water partition coefficient (Wildman–Crippen LogP) is 3.05. The quantitative estimate of drug-likeness (QED) is 0.764. The van der Waals surface area contributed by atoms with E-state index in [2.05, 4.69) is 15.3 Å². The van der Waals surface area contributed by atoms with Gasteiger partial charge in [0.1, 0.15) is 0 Å². The molecule has 0 aliphatic rings. The summed E-state index contributed by atoms with van der Waals surface area (Å²) < 4.78 is 0. The molecule has 1 atom stereocenters. The Morgan fingerprint density at radius 1 is 1.20 bits per heavy atom. The molecular weight excluding hydrogens is 250 g/mol. The van der Waals surface area contributed by atoms with Crippen molar-refractivity contribution in [1.29, 1.82) is 0 Å². The van der Waals surface area contributed by atoms with Crippen molar-refractivity contribution in [2.75, 3.05) is 0 Å². The molecule has 0 saturated heterocycles. The minimum atomic E-state index is -0.0699. The maximum absolute atomic E-state index is 12.4. The molecule has 3 rings (SSSR count). The van der Waals surface area contributed by atoms with Crippen LogP contribution in [0.2, 0.25) is 0 Å². The minimum Gasteiger partial charge on any atom is -0.361 e. The van der Waals surface area contributed by atoms with E-state index in [1.807, 2.05) is 49.5 Å². The highest BCUT2D eigenvalue weighted by Crippen LogP contribution is 2.19. The van der Waals surface area contributed by atoms with E-state index in [1.54, 1.807) is 12.4 Å². The second kappa shape index (κ2) is 5.17. The Morgan fingerprint density at radius 3 is 2.80 bits per heavy atom. The summed E-state index contributed by atoms with van der Waals surface area (Å²) in [4.78, 5) is 19.5. The van der Waals surface area contributed by atoms with Gasteiger partial charge in [-0.1, -0.05) is 6.07 Å². The van der Waals surface area contributed by atoms with Gasteiger partial charge in [0.25, 0.3) is 5.91 Å². The molecule has 0 spiro atoms. The van der Waals surface area contributed by atoms with Gasteiger partial charge in [-0.15, -0.1) is 0 Å². The zero-order chi connectivity index (χ0) is 13.9. The van der Waals surface area contributed by atoms with Crippen LogP contribution >= 0.6 is 0 Å². The van der Waals surface area contributed by atoms with Crippen LogP contribution in [0.1, 0.15) is 28.9 Å². The lowest BCUT2D eigenvalue weighted by Crippen LogP contribution is -2.26. The van der Waals surface area contributed by atoms with Gasteiger partial charge in [0.2, 0.25) is 0 Å². The molecular formula is C16H15N3O. The van der Waals surface area contributed by atoms with Crippen molar-refractivity contribution in [1.82, 2.24) is 15.3 Å². The van der Waals surface area contributed by atoms with Gasteiger partial charge in [-0.2, -0.15) is 0 Å². The number of amides is 1. The monoisotopic (exact) mass is 265 g/mol. The van der Waals surface area contributed by atoms with E-state index in [0.717, 1.165) is 16.5 Å². The molecule has 2 N–H and O–H groups in total. The lowest BCUT2D eigenvalue weighted by Gasteiger charge is -2.14. The summed E-state index contributed by atoms with van der Waals surface area (Å²) in [7, 11) is 0. The molecule has 1 aromatic carbocycles. The van der Waals surface area contributed by atoms with Crippen LogP contribution in [-0.4, -0.2) is 15.9 Å². The van der Waals surface area contributed by atoms with Gasteiger partial charge >= 0.3 is 0 Å². The van der Waals surface area contributed by atoms with Gasteiger partial charge in [-0.25, -0.2) is 0 Å². The normalized spacial score (nSPS) is 12.2. The van der Waals surface area contributed by atoms with Gasteiger partial charge in [0.05, 0.1) is 6.04 Å². The average Bonchev–Trinajstić information content (AvgIpc) is 2.96. The molecule has 0 bridgehead atoms. The highest BCUT2D eigenvalue weighted by molar-refractivity contribution is 6.06. The van der Waals surface area contributed by atoms with Crippen LogP contribution in [0.25, 0.3) is 10.9 Å². The predicted molar refractivity (Wildman–Crippen MR) is 78.4 cm³/mol. The highest BCUT2D eigenvalue weighted by Gasteiger charge is 2.13. The molecule has 4 nitrogen and oxygen atoms in total. The van der Waals surface area contributed by atoms with Crippen LogP contribution in [0.4, 0.5) is 0 Å². The first-order valence-corrected chi connectivity index (χ1v) is 6.52. The number of nitrogens with one attached hydrogen (secondary N) is 2. The molecule has 20 heavy (non-hydrogen) atoms. The number of H-pyrrole nitrogens is 1. The molecule has 100 valence electrons. The lowest BCUT2D eigenvalue weighted by atomic mass is 10.1. The molecule has 0 saturated carbocycles. The number of aromatic nitrogens is 2. The number of hydrogen-bond acceptors (Lipinski definition) is 2. The molecule has 2 heterocycles. The molecule has 1 unspecified atom stereocenters. The summed E-state index contributed by atoms with van der Waals surface area (Å²) in [5.74, 6) is -0.0699. The van der Waals surface area contributed by atoms with Crippen molar-refractivity contribution >= 4 is 16.8 Å². The molecule has 3 aromatic rings. The average molecular weight is 265 g/mol. The number of carbonyl (C=O) groups is 1. The first-order chi connectivity index (χ1) is 9.75. The van der Waals surface area contributed by atoms with E-state index in [-0.39, 0.29) is 11.9 Å². The second-order valence-corrected chi connectivity index (χ2v) is 4.72. The Bertz CT molecular complexity index is 734. The third-order valence-corrected chi connectivity index (χ3v) is 3.39. The molecule has 2 aromatic heterocycles. The van der Waals surface area contributed by atoms with E-state index >= 15 is 0 Å². The maximum Gasteiger partial charge on any atom is 0.252 e. The zero-order valence-electron chi connectivity index (χ0n) is 11.1. The van der Waals surface area contributed by atoms with Crippen molar-refractivity contribution in [2.45, 2.75) is 13.0 Å². The third-order valence-electron chi connectivity index (χ3n) is 3.39. The fraction of sp³-hybridized carbons (Fsp3) is 0.125. The Kier molecular flexibility index (Phi) is 3.21. The van der Waals surface area contributed by atoms with Gasteiger partial charge in [-0.3, -0.25) is 9.78 Å². The van der Waals surface area contributed by atoms with Crippen LogP contribution in [-0.2, 0) is 0 Å². The van der Waals surface area contributed by atoms with Crippen LogP contribution in [0, 0.1) is 0 Å². The van der Waals surface area contributed by atoms with Gasteiger partial charge < -0.3 is 10.3 Å². The van der Waals surface area contributed by atoms with Crippen LogP contribution in [0.5, 0.6) is 0 Å². The van der Waals surface area contributed by atoms with Gasteiger partial charge in [0, 0.05) is 35.1 Å². The zero-order valence-corrected chi connectivity index (χ0v) is 11.1. The third kappa shape index (κ3) is 2.28. The first kappa shape index (κ1) is 12.4. The second-order valence-electron chi connectivity index (χ2n) is 4.72. The van der Waals surface area contributed by atoms with Crippen LogP contribution in [0.15, 0.2) is 55.0 Å². The summed E-state index contributed by atoms with van der Waals surface area (Å²) in [6, 6.07) is 11.3. The smallest absolute Gasteiger partial charge is 0.252 e. The molecule has 0 aliphatic carbocycles. The topological polar surface area (TPSA) is 57.8 Å². The molecule has 4 heteroatoms. The molecule has 1 amide bonds. The van der Waals surface area contributed by atoms with E-state index < -0.39 is 0 Å². The number of carbonyl (C=O) groups excluding carboxylic acids is 1. The van der Waals surface area contributed by atoms with Crippen molar-refractivity contribution in [3.63, 3.8) is 0 Å². The minimum absolute atomic E-state index is 0.0558. The Balaban J connectivity index is 1.85. The maximum atomic E-state index is 12.4. The number of fused-ring (bicyclic) bond motifs is 1. The number of benzene rings is 1. The number of hydrogen-bond donors (Lipinski definition) is 2. The number of rotatable bonds is 3. The highest BCUT2D eigenvalue weighted by atomic mass is 16.1. The van der Waals surface area contributed by atoms with Crippen molar-refractivity contribution in [3.05, 3.63) is 66.1 Å². The van der Waals surface area contributed by atoms with Crippen molar-refractivity contribution in [3.8, 4) is 0 Å². The fourth-order valence-electron chi connectivity index (χ4n) is 2.29. The molecule has 0 radical (unpaired) electrons. The number of pyridine rings is 1. The Hall–Kier alpha value is -2.62. The Morgan fingerprint density at radius 2 is 2.00 bits per heavy atom. The summed E-state index contributed by atoms with van der Waals surface area (Å²) in [6.45, 7) is 1.96. The summed E-state index contributed by atoms with van der Waals surface area (Å²) in [5.41, 5.74) is 2.69. The SMILES string of the molecule is CC(NC(=O)c1cccc2[nH]ccc12)c1ccncc1. The lowest BCUT2D eigenvalue weighted by molar-refractivity contribution is 0.0941. The fourth-order valence-corrected chi connectivity index (χ4v) is 2.29. The van der Waals surface area contributed by atoms with Crippen LogP contribution < -0.4 is 5.32 Å². The summed E-state index contributed by atoms with van der Waals surface area (Å²) in [6.07, 6.45) is 5.30. The molecule has 0 aliphatic heterocycles.